The van der Waals surface area contributed by atoms with Gasteiger partial charge >= 0.3 is 5.97 Å². The predicted octanol–water partition coefficient (Wildman–Crippen LogP) is 0.326. The zero-order valence-corrected chi connectivity index (χ0v) is 10.6. The van der Waals surface area contributed by atoms with Crippen molar-refractivity contribution in [2.24, 2.45) is 0 Å². The van der Waals surface area contributed by atoms with Crippen LogP contribution in [0.3, 0.4) is 0 Å². The quantitative estimate of drug-likeness (QED) is 0.661. The Kier molecular flexibility index (Phi) is 5.81. The summed E-state index contributed by atoms with van der Waals surface area (Å²) in [6, 6.07) is 7.42. The van der Waals surface area contributed by atoms with Gasteiger partial charge in [-0.05, 0) is 19.1 Å². The van der Waals surface area contributed by atoms with Crippen molar-refractivity contribution in [2.75, 3.05) is 13.2 Å². The van der Waals surface area contributed by atoms with E-state index in [4.69, 9.17) is 14.9 Å². The van der Waals surface area contributed by atoms with Crippen LogP contribution in [0, 0.1) is 6.92 Å². The Balaban J connectivity index is 2.20. The fraction of sp³-hybridized carbons (Fsp3) is 0.385. The van der Waals surface area contributed by atoms with Gasteiger partial charge in [-0.3, -0.25) is 4.79 Å². The fourth-order valence-electron chi connectivity index (χ4n) is 1.28. The number of carboxylic acid groups (broad SMARTS) is 1. The zero-order valence-electron chi connectivity index (χ0n) is 10.6. The highest BCUT2D eigenvalue weighted by Crippen LogP contribution is 2.11. The van der Waals surface area contributed by atoms with Gasteiger partial charge in [0.2, 0.25) is 5.91 Å². The maximum absolute atomic E-state index is 11.3. The molecule has 0 saturated heterocycles. The van der Waals surface area contributed by atoms with Crippen molar-refractivity contribution in [1.82, 2.24) is 5.32 Å². The van der Waals surface area contributed by atoms with Crippen LogP contribution in [0.5, 0.6) is 5.75 Å². The highest BCUT2D eigenvalue weighted by atomic mass is 16.5. The van der Waals surface area contributed by atoms with Gasteiger partial charge in [-0.1, -0.05) is 17.7 Å². The van der Waals surface area contributed by atoms with Crippen LogP contribution in [0.25, 0.3) is 0 Å². The van der Waals surface area contributed by atoms with Crippen LogP contribution in [0.15, 0.2) is 24.3 Å². The minimum Gasteiger partial charge on any atom is -0.493 e. The Bertz CT molecular complexity index is 429. The zero-order chi connectivity index (χ0) is 14.3. The average Bonchev–Trinajstić information content (AvgIpc) is 2.38. The van der Waals surface area contributed by atoms with Gasteiger partial charge in [-0.15, -0.1) is 0 Å². The number of ether oxygens (including phenoxy) is 1. The lowest BCUT2D eigenvalue weighted by Crippen LogP contribution is -2.36. The predicted molar refractivity (Wildman–Crippen MR) is 67.9 cm³/mol. The first-order valence-electron chi connectivity index (χ1n) is 5.86. The van der Waals surface area contributed by atoms with E-state index in [-0.39, 0.29) is 25.5 Å². The molecule has 1 rings (SSSR count). The summed E-state index contributed by atoms with van der Waals surface area (Å²) in [5.74, 6) is -1.06. The monoisotopic (exact) mass is 267 g/mol. The third-order valence-electron chi connectivity index (χ3n) is 2.40. The lowest BCUT2D eigenvalue weighted by Gasteiger charge is -2.09. The highest BCUT2D eigenvalue weighted by molar-refractivity contribution is 5.78. The number of aliphatic hydroxyl groups excluding tert-OH is 1. The van der Waals surface area contributed by atoms with Crippen LogP contribution < -0.4 is 10.1 Å². The molecule has 6 heteroatoms. The molecule has 0 aromatic heterocycles. The van der Waals surface area contributed by atoms with Crippen LogP contribution in [0.4, 0.5) is 0 Å². The largest absolute Gasteiger partial charge is 0.493 e. The molecular weight excluding hydrogens is 250 g/mol. The first kappa shape index (κ1) is 15.0. The molecule has 1 atom stereocenters. The molecule has 0 bridgehead atoms. The number of aliphatic carboxylic acids is 1. The number of aliphatic hydroxyl groups is 1. The molecule has 0 aliphatic rings. The van der Waals surface area contributed by atoms with E-state index < -0.39 is 12.1 Å². The minimum absolute atomic E-state index is 0.0974. The maximum atomic E-state index is 11.3. The van der Waals surface area contributed by atoms with E-state index in [1.165, 1.54) is 0 Å². The van der Waals surface area contributed by atoms with Gasteiger partial charge in [0.25, 0.3) is 0 Å². The maximum Gasteiger partial charge on any atom is 0.334 e. The van der Waals surface area contributed by atoms with Gasteiger partial charge in [0.05, 0.1) is 19.6 Å². The summed E-state index contributed by atoms with van der Waals surface area (Å²) in [7, 11) is 0. The highest BCUT2D eigenvalue weighted by Gasteiger charge is 2.13. The fourth-order valence-corrected chi connectivity index (χ4v) is 1.28. The summed E-state index contributed by atoms with van der Waals surface area (Å²) in [6.07, 6.45) is -1.48. The molecule has 0 aliphatic carbocycles. The van der Waals surface area contributed by atoms with Crippen molar-refractivity contribution in [3.8, 4) is 5.75 Å². The van der Waals surface area contributed by atoms with Crippen molar-refractivity contribution in [3.63, 3.8) is 0 Å². The van der Waals surface area contributed by atoms with Crippen LogP contribution in [-0.2, 0) is 9.59 Å². The second kappa shape index (κ2) is 7.38. The van der Waals surface area contributed by atoms with E-state index in [1.54, 1.807) is 12.1 Å². The number of carbonyl (C=O) groups excluding carboxylic acids is 1. The third kappa shape index (κ3) is 5.87. The van der Waals surface area contributed by atoms with Crippen LogP contribution >= 0.6 is 0 Å². The number of hydrogen-bond donors (Lipinski definition) is 3. The molecule has 19 heavy (non-hydrogen) atoms. The lowest BCUT2D eigenvalue weighted by atomic mass is 10.2. The Hall–Kier alpha value is -2.08. The normalized spacial score (nSPS) is 11.7. The van der Waals surface area contributed by atoms with Crippen molar-refractivity contribution in [1.29, 1.82) is 0 Å². The molecule has 104 valence electrons. The van der Waals surface area contributed by atoms with Crippen molar-refractivity contribution in [2.45, 2.75) is 19.4 Å². The van der Waals surface area contributed by atoms with Gasteiger partial charge in [-0.2, -0.15) is 0 Å². The number of carbonyl (C=O) groups is 2. The Morgan fingerprint density at radius 1 is 1.32 bits per heavy atom. The van der Waals surface area contributed by atoms with Crippen LogP contribution in [0.2, 0.25) is 0 Å². The Labute approximate surface area is 111 Å². The summed E-state index contributed by atoms with van der Waals surface area (Å²) < 4.78 is 5.35. The number of nitrogens with one attached hydrogen (secondary N) is 1. The number of rotatable bonds is 7. The second-order valence-corrected chi connectivity index (χ2v) is 4.07. The molecule has 0 radical (unpaired) electrons. The SMILES string of the molecule is Cc1ccc(OCCC(=O)NC[C@H](O)C(=O)O)cc1. The topological polar surface area (TPSA) is 95.9 Å². The molecule has 0 saturated carbocycles. The number of carboxylic acids is 1. The summed E-state index contributed by atoms with van der Waals surface area (Å²) in [6.45, 7) is 1.85. The van der Waals surface area contributed by atoms with Crippen molar-refractivity contribution in [3.05, 3.63) is 29.8 Å². The first-order chi connectivity index (χ1) is 8.99. The number of aryl methyl sites for hydroxylation is 1. The van der Waals surface area contributed by atoms with Gasteiger partial charge in [0.1, 0.15) is 5.75 Å². The minimum atomic E-state index is -1.58. The Morgan fingerprint density at radius 2 is 1.95 bits per heavy atom. The van der Waals surface area contributed by atoms with E-state index in [2.05, 4.69) is 5.32 Å². The Morgan fingerprint density at radius 3 is 2.53 bits per heavy atom. The lowest BCUT2D eigenvalue weighted by molar-refractivity contribution is -0.146. The van der Waals surface area contributed by atoms with E-state index in [9.17, 15) is 9.59 Å². The first-order valence-corrected chi connectivity index (χ1v) is 5.86. The molecule has 0 heterocycles. The molecule has 0 fully saturated rings. The second-order valence-electron chi connectivity index (χ2n) is 4.07. The molecule has 0 spiro atoms. The van der Waals surface area contributed by atoms with Crippen molar-refractivity contribution < 1.29 is 24.5 Å². The van der Waals surface area contributed by atoms with Crippen LogP contribution in [-0.4, -0.2) is 41.3 Å². The molecular formula is C13H17NO5. The molecule has 0 unspecified atom stereocenters. The number of hydrogen-bond acceptors (Lipinski definition) is 4. The van der Waals surface area contributed by atoms with Crippen molar-refractivity contribution >= 4 is 11.9 Å². The summed E-state index contributed by atoms with van der Waals surface area (Å²) >= 11 is 0. The van der Waals surface area contributed by atoms with E-state index >= 15 is 0 Å². The van der Waals surface area contributed by atoms with E-state index in [0.29, 0.717) is 5.75 Å². The molecule has 6 nitrogen and oxygen atoms in total. The number of benzene rings is 1. The van der Waals surface area contributed by atoms with Gasteiger partial charge in [0, 0.05) is 0 Å². The van der Waals surface area contributed by atoms with Gasteiger partial charge in [-0.25, -0.2) is 4.79 Å². The molecule has 1 aromatic rings. The molecule has 1 amide bonds. The standard InChI is InChI=1S/C13H17NO5/c1-9-2-4-10(5-3-9)19-7-6-12(16)14-8-11(15)13(17)18/h2-5,11,15H,6-8H2,1H3,(H,14,16)(H,17,18)/t11-/m0/s1. The summed E-state index contributed by atoms with van der Waals surface area (Å²) in [5, 5.41) is 19.7. The molecule has 0 aliphatic heterocycles. The van der Waals surface area contributed by atoms with E-state index in [0.717, 1.165) is 5.56 Å². The number of amides is 1. The molecule has 1 aromatic carbocycles. The summed E-state index contributed by atoms with van der Waals surface area (Å²) in [4.78, 5) is 21.6. The molecule has 3 N–H and O–H groups in total. The average molecular weight is 267 g/mol. The van der Waals surface area contributed by atoms with Crippen LogP contribution in [0.1, 0.15) is 12.0 Å². The summed E-state index contributed by atoms with van der Waals surface area (Å²) in [5.41, 5.74) is 1.12. The smallest absolute Gasteiger partial charge is 0.334 e. The van der Waals surface area contributed by atoms with Gasteiger partial charge < -0.3 is 20.3 Å². The van der Waals surface area contributed by atoms with Gasteiger partial charge in [0.15, 0.2) is 6.10 Å². The van der Waals surface area contributed by atoms with E-state index in [1.807, 2.05) is 19.1 Å². The third-order valence-corrected chi connectivity index (χ3v) is 2.40.